The largest absolute Gasteiger partial charge is 0.348 e. The topological polar surface area (TPSA) is 44.0 Å². The van der Waals surface area contributed by atoms with Crippen molar-refractivity contribution in [2.75, 3.05) is 20.6 Å². The van der Waals surface area contributed by atoms with Crippen LogP contribution in [0.1, 0.15) is 27.9 Å². The highest BCUT2D eigenvalue weighted by atomic mass is 32.1. The molecule has 1 atom stereocenters. The van der Waals surface area contributed by atoms with Gasteiger partial charge < -0.3 is 15.2 Å². The van der Waals surface area contributed by atoms with Crippen molar-refractivity contribution in [2.24, 2.45) is 0 Å². The first kappa shape index (κ1) is 15.6. The Bertz CT molecular complexity index is 816. The first-order valence-corrected chi connectivity index (χ1v) is 9.11. The van der Waals surface area contributed by atoms with E-state index in [1.807, 2.05) is 11.3 Å². The third-order valence-corrected chi connectivity index (χ3v) is 5.53. The van der Waals surface area contributed by atoms with E-state index in [9.17, 15) is 0 Å². The van der Waals surface area contributed by atoms with Gasteiger partial charge >= 0.3 is 0 Å². The van der Waals surface area contributed by atoms with Gasteiger partial charge in [-0.2, -0.15) is 0 Å². The van der Waals surface area contributed by atoms with Gasteiger partial charge in [0.15, 0.2) is 0 Å². The first-order chi connectivity index (χ1) is 11.7. The van der Waals surface area contributed by atoms with Gasteiger partial charge in [0.25, 0.3) is 0 Å². The Balaban J connectivity index is 1.57. The minimum absolute atomic E-state index is 0.196. The van der Waals surface area contributed by atoms with Crippen LogP contribution in [0.5, 0.6) is 0 Å². The van der Waals surface area contributed by atoms with Crippen LogP contribution in [-0.4, -0.2) is 35.5 Å². The Morgan fingerprint density at radius 1 is 1.17 bits per heavy atom. The molecular formula is C19H22N4S. The Kier molecular flexibility index (Phi) is 4.22. The predicted molar refractivity (Wildman–Crippen MR) is 99.3 cm³/mol. The lowest BCUT2D eigenvalue weighted by Crippen LogP contribution is -2.30. The highest BCUT2D eigenvalue weighted by Crippen LogP contribution is 2.31. The van der Waals surface area contributed by atoms with Crippen LogP contribution in [0.2, 0.25) is 0 Å². The molecule has 4 rings (SSSR count). The molecule has 0 saturated heterocycles. The molecule has 0 aliphatic carbocycles. The number of rotatable bonds is 4. The van der Waals surface area contributed by atoms with Gasteiger partial charge in [0.2, 0.25) is 0 Å². The van der Waals surface area contributed by atoms with Crippen LogP contribution in [0, 0.1) is 0 Å². The number of imidazole rings is 1. The van der Waals surface area contributed by atoms with Gasteiger partial charge in [0.1, 0.15) is 0 Å². The normalized spacial score (nSPS) is 17.2. The van der Waals surface area contributed by atoms with Gasteiger partial charge in [-0.1, -0.05) is 24.3 Å². The minimum Gasteiger partial charge on any atom is -0.348 e. The number of H-pyrrole nitrogens is 1. The van der Waals surface area contributed by atoms with E-state index < -0.39 is 0 Å². The fourth-order valence-electron chi connectivity index (χ4n) is 3.26. The monoisotopic (exact) mass is 338 g/mol. The maximum atomic E-state index is 4.51. The van der Waals surface area contributed by atoms with Gasteiger partial charge in [-0.15, -0.1) is 11.3 Å². The molecule has 1 aliphatic heterocycles. The average Bonchev–Trinajstić information content (AvgIpc) is 3.23. The van der Waals surface area contributed by atoms with E-state index in [2.05, 4.69) is 70.7 Å². The van der Waals surface area contributed by atoms with Crippen molar-refractivity contribution in [3.63, 3.8) is 0 Å². The Morgan fingerprint density at radius 2 is 2.00 bits per heavy atom. The highest BCUT2D eigenvalue weighted by molar-refractivity contribution is 7.15. The molecule has 124 valence electrons. The number of benzene rings is 1. The van der Waals surface area contributed by atoms with Crippen molar-refractivity contribution < 1.29 is 0 Å². The molecule has 1 aromatic carbocycles. The number of hydrogen-bond acceptors (Lipinski definition) is 4. The maximum Gasteiger partial charge on any atom is 0.0926 e. The van der Waals surface area contributed by atoms with Crippen LogP contribution in [0.15, 0.2) is 42.7 Å². The summed E-state index contributed by atoms with van der Waals surface area (Å²) >= 11 is 1.87. The smallest absolute Gasteiger partial charge is 0.0926 e. The summed E-state index contributed by atoms with van der Waals surface area (Å²) in [6.07, 6.45) is 2.82. The Hall–Kier alpha value is -1.95. The second-order valence-corrected chi connectivity index (χ2v) is 7.70. The van der Waals surface area contributed by atoms with E-state index >= 15 is 0 Å². The van der Waals surface area contributed by atoms with E-state index in [1.54, 1.807) is 6.33 Å². The van der Waals surface area contributed by atoms with Gasteiger partial charge in [-0.25, -0.2) is 4.98 Å². The van der Waals surface area contributed by atoms with Gasteiger partial charge in [-0.3, -0.25) is 0 Å². The molecule has 0 fully saturated rings. The molecule has 0 saturated carbocycles. The quantitative estimate of drug-likeness (QED) is 0.766. The second-order valence-electron chi connectivity index (χ2n) is 6.53. The molecule has 0 amide bonds. The molecule has 1 unspecified atom stereocenters. The van der Waals surface area contributed by atoms with Gasteiger partial charge in [-0.05, 0) is 37.4 Å². The molecule has 5 heteroatoms. The predicted octanol–water partition coefficient (Wildman–Crippen LogP) is 3.43. The van der Waals surface area contributed by atoms with Crippen molar-refractivity contribution in [1.82, 2.24) is 20.2 Å². The molecule has 2 N–H and O–H groups in total. The first-order valence-electron chi connectivity index (χ1n) is 8.30. The van der Waals surface area contributed by atoms with Crippen LogP contribution in [0.4, 0.5) is 0 Å². The van der Waals surface area contributed by atoms with Crippen LogP contribution in [0.3, 0.4) is 0 Å². The summed E-state index contributed by atoms with van der Waals surface area (Å²) in [5.74, 6) is 0. The fourth-order valence-corrected chi connectivity index (χ4v) is 4.40. The van der Waals surface area contributed by atoms with Crippen molar-refractivity contribution in [1.29, 1.82) is 0 Å². The van der Waals surface area contributed by atoms with Gasteiger partial charge in [0.05, 0.1) is 18.1 Å². The lowest BCUT2D eigenvalue weighted by Gasteiger charge is -2.23. The van der Waals surface area contributed by atoms with Crippen molar-refractivity contribution in [2.45, 2.75) is 19.0 Å². The highest BCUT2D eigenvalue weighted by Gasteiger charge is 2.23. The van der Waals surface area contributed by atoms with Crippen molar-refractivity contribution in [3.05, 3.63) is 64.6 Å². The van der Waals surface area contributed by atoms with Crippen LogP contribution < -0.4 is 5.32 Å². The summed E-state index contributed by atoms with van der Waals surface area (Å²) < 4.78 is 0. The summed E-state index contributed by atoms with van der Waals surface area (Å²) in [5, 5.41) is 3.58. The zero-order valence-corrected chi connectivity index (χ0v) is 14.9. The van der Waals surface area contributed by atoms with E-state index in [0.717, 1.165) is 25.2 Å². The zero-order valence-electron chi connectivity index (χ0n) is 14.0. The number of nitrogens with one attached hydrogen (secondary N) is 2. The summed E-state index contributed by atoms with van der Waals surface area (Å²) in [4.78, 5) is 12.7. The Labute approximate surface area is 146 Å². The average molecular weight is 338 g/mol. The molecular weight excluding hydrogens is 316 g/mol. The van der Waals surface area contributed by atoms with Gasteiger partial charge in [0, 0.05) is 35.0 Å². The molecule has 3 heterocycles. The number of aromatic nitrogens is 2. The SMILES string of the molecule is CN(C)Cc1ccc(-c2ccc(C3NCCc4[nH]cnc43)cc2)s1. The number of fused-ring (bicyclic) bond motifs is 1. The van der Waals surface area contributed by atoms with E-state index in [0.29, 0.717) is 0 Å². The fraction of sp³-hybridized carbons (Fsp3) is 0.316. The molecule has 24 heavy (non-hydrogen) atoms. The number of thiophene rings is 1. The van der Waals surface area contributed by atoms with E-state index in [-0.39, 0.29) is 6.04 Å². The molecule has 0 bridgehead atoms. The summed E-state index contributed by atoms with van der Waals surface area (Å²) in [7, 11) is 4.21. The molecule has 1 aliphatic rings. The number of nitrogens with zero attached hydrogens (tertiary/aromatic N) is 2. The number of hydrogen-bond donors (Lipinski definition) is 2. The standard InChI is InChI=1S/C19H22N4S/c1-23(2)11-15-7-8-17(24-15)13-3-5-14(6-4-13)18-19-16(9-10-20-18)21-12-22-19/h3-8,12,18,20H,9-11H2,1-2H3,(H,21,22). The number of aromatic amines is 1. The minimum atomic E-state index is 0.196. The summed E-state index contributed by atoms with van der Waals surface area (Å²) in [6, 6.07) is 13.5. The third-order valence-electron chi connectivity index (χ3n) is 4.41. The van der Waals surface area contributed by atoms with Crippen LogP contribution in [-0.2, 0) is 13.0 Å². The summed E-state index contributed by atoms with van der Waals surface area (Å²) in [5.41, 5.74) is 4.96. The van der Waals surface area contributed by atoms with Crippen LogP contribution >= 0.6 is 11.3 Å². The molecule has 2 aromatic heterocycles. The Morgan fingerprint density at radius 3 is 2.79 bits per heavy atom. The molecule has 0 radical (unpaired) electrons. The molecule has 0 spiro atoms. The van der Waals surface area contributed by atoms with E-state index in [4.69, 9.17) is 0 Å². The third kappa shape index (κ3) is 3.02. The van der Waals surface area contributed by atoms with Crippen molar-refractivity contribution in [3.8, 4) is 10.4 Å². The van der Waals surface area contributed by atoms with Crippen molar-refractivity contribution >= 4 is 11.3 Å². The van der Waals surface area contributed by atoms with E-state index in [1.165, 1.54) is 26.6 Å². The lowest BCUT2D eigenvalue weighted by atomic mass is 9.97. The lowest BCUT2D eigenvalue weighted by molar-refractivity contribution is 0.406. The second kappa shape index (κ2) is 6.51. The summed E-state index contributed by atoms with van der Waals surface area (Å²) in [6.45, 7) is 1.98. The maximum absolute atomic E-state index is 4.51. The van der Waals surface area contributed by atoms with Crippen LogP contribution in [0.25, 0.3) is 10.4 Å². The molecule has 3 aromatic rings. The molecule has 4 nitrogen and oxygen atoms in total. The zero-order chi connectivity index (χ0) is 16.5.